The predicted molar refractivity (Wildman–Crippen MR) is 89.1 cm³/mol. The van der Waals surface area contributed by atoms with Gasteiger partial charge in [0.05, 0.1) is 6.04 Å². The van der Waals surface area contributed by atoms with Crippen LogP contribution in [0.15, 0.2) is 42.5 Å². The molecule has 3 nitrogen and oxygen atoms in total. The fraction of sp³-hybridized carbons (Fsp3) is 0.316. The molecular formula is C19H23NO2. The number of para-hydroxylation sites is 1. The SMILES string of the molecule is Cc1ccccc1C(C)NC(=O)COc1c(C)cccc1C. The van der Waals surface area contributed by atoms with Gasteiger partial charge in [-0.1, -0.05) is 42.5 Å². The zero-order valence-corrected chi connectivity index (χ0v) is 13.6. The molecule has 1 amide bonds. The maximum Gasteiger partial charge on any atom is 0.258 e. The van der Waals surface area contributed by atoms with Gasteiger partial charge in [-0.25, -0.2) is 0 Å². The number of carbonyl (C=O) groups excluding carboxylic acids is 1. The summed E-state index contributed by atoms with van der Waals surface area (Å²) >= 11 is 0. The fourth-order valence-electron chi connectivity index (χ4n) is 2.60. The Bertz CT molecular complexity index is 644. The number of rotatable bonds is 5. The van der Waals surface area contributed by atoms with Gasteiger partial charge in [0.2, 0.25) is 0 Å². The van der Waals surface area contributed by atoms with Crippen LogP contribution in [0.2, 0.25) is 0 Å². The first-order valence-corrected chi connectivity index (χ1v) is 7.53. The van der Waals surface area contributed by atoms with E-state index < -0.39 is 0 Å². The predicted octanol–water partition coefficient (Wildman–Crippen LogP) is 3.87. The van der Waals surface area contributed by atoms with Gasteiger partial charge in [-0.2, -0.15) is 0 Å². The van der Waals surface area contributed by atoms with E-state index in [1.807, 2.05) is 70.2 Å². The van der Waals surface area contributed by atoms with E-state index >= 15 is 0 Å². The van der Waals surface area contributed by atoms with Crippen LogP contribution in [0.4, 0.5) is 0 Å². The summed E-state index contributed by atoms with van der Waals surface area (Å²) in [4.78, 5) is 12.1. The average molecular weight is 297 g/mol. The summed E-state index contributed by atoms with van der Waals surface area (Å²) in [6, 6.07) is 14.0. The Morgan fingerprint density at radius 1 is 1.00 bits per heavy atom. The van der Waals surface area contributed by atoms with Crippen molar-refractivity contribution in [1.29, 1.82) is 0 Å². The zero-order chi connectivity index (χ0) is 16.1. The van der Waals surface area contributed by atoms with Crippen molar-refractivity contribution >= 4 is 5.91 Å². The number of amides is 1. The standard InChI is InChI=1S/C19H23NO2/c1-13-8-5-6-11-17(13)16(4)20-18(21)12-22-19-14(2)9-7-10-15(19)3/h5-11,16H,12H2,1-4H3,(H,20,21). The Morgan fingerprint density at radius 3 is 2.23 bits per heavy atom. The van der Waals surface area contributed by atoms with Crippen LogP contribution in [0, 0.1) is 20.8 Å². The van der Waals surface area contributed by atoms with Gasteiger partial charge in [0.1, 0.15) is 5.75 Å². The lowest BCUT2D eigenvalue weighted by Gasteiger charge is -2.17. The topological polar surface area (TPSA) is 38.3 Å². The summed E-state index contributed by atoms with van der Waals surface area (Å²) in [7, 11) is 0. The fourth-order valence-corrected chi connectivity index (χ4v) is 2.60. The molecule has 2 aromatic rings. The molecule has 22 heavy (non-hydrogen) atoms. The molecule has 0 aliphatic carbocycles. The molecule has 0 saturated carbocycles. The smallest absolute Gasteiger partial charge is 0.258 e. The Kier molecular flexibility index (Phi) is 5.21. The maximum absolute atomic E-state index is 12.1. The summed E-state index contributed by atoms with van der Waals surface area (Å²) in [5, 5.41) is 2.98. The number of benzene rings is 2. The molecule has 3 heteroatoms. The molecule has 116 valence electrons. The molecule has 0 saturated heterocycles. The van der Waals surface area contributed by atoms with Crippen molar-refractivity contribution in [2.75, 3.05) is 6.61 Å². The van der Waals surface area contributed by atoms with Crippen molar-refractivity contribution < 1.29 is 9.53 Å². The van der Waals surface area contributed by atoms with Crippen molar-refractivity contribution in [3.8, 4) is 5.75 Å². The highest BCUT2D eigenvalue weighted by Crippen LogP contribution is 2.22. The highest BCUT2D eigenvalue weighted by molar-refractivity contribution is 5.78. The maximum atomic E-state index is 12.1. The molecule has 0 spiro atoms. The average Bonchev–Trinajstić information content (AvgIpc) is 2.47. The third-order valence-corrected chi connectivity index (χ3v) is 3.79. The van der Waals surface area contributed by atoms with Crippen LogP contribution in [0.1, 0.15) is 35.2 Å². The number of carbonyl (C=O) groups is 1. The van der Waals surface area contributed by atoms with E-state index in [2.05, 4.69) is 5.32 Å². The van der Waals surface area contributed by atoms with Crippen LogP contribution >= 0.6 is 0 Å². The summed E-state index contributed by atoms with van der Waals surface area (Å²) < 4.78 is 5.68. The lowest BCUT2D eigenvalue weighted by Crippen LogP contribution is -2.31. The van der Waals surface area contributed by atoms with Crippen LogP contribution in [0.3, 0.4) is 0 Å². The Balaban J connectivity index is 1.95. The monoisotopic (exact) mass is 297 g/mol. The molecule has 2 aromatic carbocycles. The van der Waals surface area contributed by atoms with E-state index in [4.69, 9.17) is 4.74 Å². The van der Waals surface area contributed by atoms with Crippen molar-refractivity contribution in [1.82, 2.24) is 5.32 Å². The Hall–Kier alpha value is -2.29. The molecule has 1 unspecified atom stereocenters. The molecule has 0 aliphatic heterocycles. The number of aryl methyl sites for hydroxylation is 3. The normalized spacial score (nSPS) is 11.8. The van der Waals surface area contributed by atoms with E-state index in [-0.39, 0.29) is 18.6 Å². The van der Waals surface area contributed by atoms with Gasteiger partial charge in [0, 0.05) is 0 Å². The number of hydrogen-bond donors (Lipinski definition) is 1. The van der Waals surface area contributed by atoms with Gasteiger partial charge in [-0.3, -0.25) is 4.79 Å². The summed E-state index contributed by atoms with van der Waals surface area (Å²) in [5.41, 5.74) is 4.38. The third kappa shape index (κ3) is 3.88. The van der Waals surface area contributed by atoms with Crippen molar-refractivity contribution in [2.45, 2.75) is 33.7 Å². The van der Waals surface area contributed by atoms with E-state index in [0.29, 0.717) is 0 Å². The molecule has 0 bridgehead atoms. The second kappa shape index (κ2) is 7.12. The summed E-state index contributed by atoms with van der Waals surface area (Å²) in [6.07, 6.45) is 0. The van der Waals surface area contributed by atoms with Crippen LogP contribution in [0.5, 0.6) is 5.75 Å². The van der Waals surface area contributed by atoms with Gasteiger partial charge >= 0.3 is 0 Å². The number of ether oxygens (including phenoxy) is 1. The van der Waals surface area contributed by atoms with Crippen molar-refractivity contribution in [2.24, 2.45) is 0 Å². The number of nitrogens with one attached hydrogen (secondary N) is 1. The molecule has 1 N–H and O–H groups in total. The van der Waals surface area contributed by atoms with Gasteiger partial charge in [0.25, 0.3) is 5.91 Å². The first kappa shape index (κ1) is 16.1. The van der Waals surface area contributed by atoms with Crippen LogP contribution in [0.25, 0.3) is 0 Å². The minimum atomic E-state index is -0.113. The van der Waals surface area contributed by atoms with E-state index in [0.717, 1.165) is 22.4 Å². The molecule has 2 rings (SSSR count). The van der Waals surface area contributed by atoms with Gasteiger partial charge < -0.3 is 10.1 Å². The van der Waals surface area contributed by atoms with Gasteiger partial charge in [-0.15, -0.1) is 0 Å². The first-order valence-electron chi connectivity index (χ1n) is 7.53. The molecule has 0 radical (unpaired) electrons. The molecule has 0 aromatic heterocycles. The largest absolute Gasteiger partial charge is 0.483 e. The van der Waals surface area contributed by atoms with Crippen molar-refractivity contribution in [3.05, 3.63) is 64.7 Å². The quantitative estimate of drug-likeness (QED) is 0.910. The summed E-state index contributed by atoms with van der Waals surface area (Å²) in [6.45, 7) is 8.03. The van der Waals surface area contributed by atoms with Crippen LogP contribution in [-0.4, -0.2) is 12.5 Å². The summed E-state index contributed by atoms with van der Waals surface area (Å²) in [5.74, 6) is 0.680. The minimum absolute atomic E-state index is 0.0297. The molecule has 0 fully saturated rings. The van der Waals surface area contributed by atoms with Gasteiger partial charge in [-0.05, 0) is 49.9 Å². The van der Waals surface area contributed by atoms with Crippen molar-refractivity contribution in [3.63, 3.8) is 0 Å². The van der Waals surface area contributed by atoms with E-state index in [1.54, 1.807) is 0 Å². The molecule has 1 atom stereocenters. The van der Waals surface area contributed by atoms with E-state index in [9.17, 15) is 4.79 Å². The molecule has 0 aliphatic rings. The number of hydrogen-bond acceptors (Lipinski definition) is 2. The highest BCUT2D eigenvalue weighted by Gasteiger charge is 2.12. The Labute approximate surface area is 132 Å². The lowest BCUT2D eigenvalue weighted by atomic mass is 10.0. The first-order chi connectivity index (χ1) is 10.5. The highest BCUT2D eigenvalue weighted by atomic mass is 16.5. The van der Waals surface area contributed by atoms with E-state index in [1.165, 1.54) is 5.56 Å². The minimum Gasteiger partial charge on any atom is -0.483 e. The Morgan fingerprint density at radius 2 is 1.59 bits per heavy atom. The lowest BCUT2D eigenvalue weighted by molar-refractivity contribution is -0.123. The van der Waals surface area contributed by atoms with Crippen LogP contribution < -0.4 is 10.1 Å². The second-order valence-corrected chi connectivity index (χ2v) is 5.66. The third-order valence-electron chi connectivity index (χ3n) is 3.79. The second-order valence-electron chi connectivity index (χ2n) is 5.66. The molecular weight excluding hydrogens is 274 g/mol. The molecule has 0 heterocycles. The zero-order valence-electron chi connectivity index (χ0n) is 13.6. The van der Waals surface area contributed by atoms with Gasteiger partial charge in [0.15, 0.2) is 6.61 Å². The van der Waals surface area contributed by atoms with Crippen LogP contribution in [-0.2, 0) is 4.79 Å².